The molecule has 6 nitrogen and oxygen atoms in total. The molecule has 1 N–H and O–H groups in total. The highest BCUT2D eigenvalue weighted by Gasteiger charge is 2.11. The molecule has 0 unspecified atom stereocenters. The monoisotopic (exact) mass is 425 g/mol. The molecule has 2 heterocycles. The summed E-state index contributed by atoms with van der Waals surface area (Å²) >= 11 is 6.53. The molecule has 0 radical (unpaired) electrons. The van der Waals surface area contributed by atoms with Gasteiger partial charge in [-0.3, -0.25) is 0 Å². The first kappa shape index (κ1) is 17.4. The standard InChI is InChI=1S/C15H16BrN5OS2/c1-2-3-7-17-14-19-20-15(24-14)23-9-12-18-13(21-22-12)10-5-4-6-11(16)8-10/h4-6,8H,2-3,7,9H2,1H3,(H,17,19). The molecule has 0 aliphatic carbocycles. The number of thioether (sulfide) groups is 1. The summed E-state index contributed by atoms with van der Waals surface area (Å²) < 4.78 is 7.18. The quantitative estimate of drug-likeness (QED) is 0.407. The molecule has 0 aliphatic rings. The number of hydrogen-bond acceptors (Lipinski definition) is 8. The van der Waals surface area contributed by atoms with E-state index in [1.54, 1.807) is 23.1 Å². The van der Waals surface area contributed by atoms with Crippen LogP contribution in [0.4, 0.5) is 5.13 Å². The summed E-state index contributed by atoms with van der Waals surface area (Å²) in [6, 6.07) is 7.81. The Labute approximate surface area is 156 Å². The second-order valence-corrected chi connectivity index (χ2v) is 8.08. The molecule has 0 spiro atoms. The summed E-state index contributed by atoms with van der Waals surface area (Å²) in [5, 5.41) is 16.4. The van der Waals surface area contributed by atoms with Crippen molar-refractivity contribution in [1.82, 2.24) is 20.3 Å². The molecule has 0 bridgehead atoms. The molecule has 0 saturated carbocycles. The first-order valence-electron chi connectivity index (χ1n) is 7.53. The Morgan fingerprint density at radius 1 is 1.33 bits per heavy atom. The molecule has 24 heavy (non-hydrogen) atoms. The highest BCUT2D eigenvalue weighted by Crippen LogP contribution is 2.28. The van der Waals surface area contributed by atoms with Crippen molar-refractivity contribution < 1.29 is 4.52 Å². The van der Waals surface area contributed by atoms with Crippen molar-refractivity contribution in [3.05, 3.63) is 34.6 Å². The van der Waals surface area contributed by atoms with E-state index in [0.29, 0.717) is 17.5 Å². The van der Waals surface area contributed by atoms with Gasteiger partial charge in [0, 0.05) is 16.6 Å². The Morgan fingerprint density at radius 3 is 3.08 bits per heavy atom. The Kier molecular flexibility index (Phi) is 6.22. The second kappa shape index (κ2) is 8.59. The molecule has 126 valence electrons. The van der Waals surface area contributed by atoms with Crippen LogP contribution in [0.25, 0.3) is 11.4 Å². The summed E-state index contributed by atoms with van der Waals surface area (Å²) in [7, 11) is 0. The molecular weight excluding hydrogens is 410 g/mol. The fourth-order valence-corrected chi connectivity index (χ4v) is 3.91. The number of benzene rings is 1. The number of anilines is 1. The van der Waals surface area contributed by atoms with Gasteiger partial charge in [0.05, 0.1) is 5.75 Å². The van der Waals surface area contributed by atoms with Crippen molar-refractivity contribution in [3.63, 3.8) is 0 Å². The van der Waals surface area contributed by atoms with Crippen LogP contribution in [0.1, 0.15) is 25.7 Å². The van der Waals surface area contributed by atoms with Crippen molar-refractivity contribution in [2.24, 2.45) is 0 Å². The van der Waals surface area contributed by atoms with Crippen molar-refractivity contribution >= 4 is 44.2 Å². The van der Waals surface area contributed by atoms with Crippen molar-refractivity contribution in [2.75, 3.05) is 11.9 Å². The van der Waals surface area contributed by atoms with Crippen LogP contribution >= 0.6 is 39.0 Å². The van der Waals surface area contributed by atoms with E-state index in [4.69, 9.17) is 4.52 Å². The molecule has 1 aromatic carbocycles. The summed E-state index contributed by atoms with van der Waals surface area (Å²) in [5.41, 5.74) is 0.919. The SMILES string of the molecule is CCCCNc1nnc(SCc2nc(-c3cccc(Br)c3)no2)s1. The summed E-state index contributed by atoms with van der Waals surface area (Å²) in [6.45, 7) is 3.09. The Balaban J connectivity index is 1.56. The number of nitrogens with one attached hydrogen (secondary N) is 1. The van der Waals surface area contributed by atoms with Crippen LogP contribution in [0.2, 0.25) is 0 Å². The van der Waals surface area contributed by atoms with E-state index < -0.39 is 0 Å². The number of hydrogen-bond donors (Lipinski definition) is 1. The van der Waals surface area contributed by atoms with Crippen LogP contribution in [0.5, 0.6) is 0 Å². The second-order valence-electron chi connectivity index (χ2n) is 4.96. The molecule has 0 saturated heterocycles. The van der Waals surface area contributed by atoms with Crippen LogP contribution in [0, 0.1) is 0 Å². The Hall–Kier alpha value is -1.45. The average molecular weight is 426 g/mol. The van der Waals surface area contributed by atoms with Gasteiger partial charge in [-0.25, -0.2) is 0 Å². The van der Waals surface area contributed by atoms with E-state index in [0.717, 1.165) is 38.9 Å². The zero-order valence-electron chi connectivity index (χ0n) is 13.0. The lowest BCUT2D eigenvalue weighted by Gasteiger charge is -1.97. The van der Waals surface area contributed by atoms with Gasteiger partial charge in [-0.15, -0.1) is 10.2 Å². The van der Waals surface area contributed by atoms with Crippen molar-refractivity contribution in [1.29, 1.82) is 0 Å². The van der Waals surface area contributed by atoms with Crippen LogP contribution in [-0.2, 0) is 5.75 Å². The predicted octanol–water partition coefficient (Wildman–Crippen LogP) is 4.85. The largest absolute Gasteiger partial charge is 0.360 e. The number of nitrogens with zero attached hydrogens (tertiary/aromatic N) is 4. The number of unbranched alkanes of at least 4 members (excludes halogenated alkanes) is 1. The van der Waals surface area contributed by atoms with Gasteiger partial charge in [0.15, 0.2) is 4.34 Å². The predicted molar refractivity (Wildman–Crippen MR) is 100 cm³/mol. The Bertz CT molecular complexity index is 792. The fourth-order valence-electron chi connectivity index (χ4n) is 1.89. The van der Waals surface area contributed by atoms with Crippen LogP contribution in [0.3, 0.4) is 0 Å². The first-order valence-corrected chi connectivity index (χ1v) is 10.1. The third-order valence-electron chi connectivity index (χ3n) is 3.08. The normalized spacial score (nSPS) is 10.9. The van der Waals surface area contributed by atoms with Crippen LogP contribution < -0.4 is 5.32 Å². The lowest BCUT2D eigenvalue weighted by atomic mass is 10.2. The minimum atomic E-state index is 0.574. The van der Waals surface area contributed by atoms with Crippen LogP contribution in [0.15, 0.2) is 37.6 Å². The highest BCUT2D eigenvalue weighted by atomic mass is 79.9. The maximum atomic E-state index is 5.31. The molecule has 0 atom stereocenters. The maximum Gasteiger partial charge on any atom is 0.237 e. The molecule has 9 heteroatoms. The van der Waals surface area contributed by atoms with E-state index in [1.807, 2.05) is 24.3 Å². The molecule has 0 aliphatic heterocycles. The minimum Gasteiger partial charge on any atom is -0.360 e. The van der Waals surface area contributed by atoms with Crippen molar-refractivity contribution in [2.45, 2.75) is 29.9 Å². The molecule has 0 fully saturated rings. The summed E-state index contributed by atoms with van der Waals surface area (Å²) in [5.74, 6) is 1.74. The van der Waals surface area contributed by atoms with Gasteiger partial charge in [0.2, 0.25) is 16.8 Å². The van der Waals surface area contributed by atoms with Crippen molar-refractivity contribution in [3.8, 4) is 11.4 Å². The Morgan fingerprint density at radius 2 is 2.25 bits per heavy atom. The molecule has 3 rings (SSSR count). The minimum absolute atomic E-state index is 0.574. The number of halogens is 1. The van der Waals surface area contributed by atoms with E-state index in [1.165, 1.54) is 0 Å². The van der Waals surface area contributed by atoms with Gasteiger partial charge >= 0.3 is 0 Å². The smallest absolute Gasteiger partial charge is 0.237 e. The molecule has 2 aromatic heterocycles. The number of rotatable bonds is 8. The molecule has 0 amide bonds. The third-order valence-corrected chi connectivity index (χ3v) is 5.58. The highest BCUT2D eigenvalue weighted by molar-refractivity contribution is 9.10. The van der Waals surface area contributed by atoms with E-state index >= 15 is 0 Å². The van der Waals surface area contributed by atoms with Gasteiger partial charge in [-0.1, -0.05) is 69.7 Å². The zero-order valence-corrected chi connectivity index (χ0v) is 16.2. The molecular formula is C15H16BrN5OS2. The lowest BCUT2D eigenvalue weighted by Crippen LogP contribution is -1.99. The first-order chi connectivity index (χ1) is 11.7. The van der Waals surface area contributed by atoms with E-state index in [-0.39, 0.29) is 0 Å². The van der Waals surface area contributed by atoms with E-state index in [9.17, 15) is 0 Å². The summed E-state index contributed by atoms with van der Waals surface area (Å²) in [6.07, 6.45) is 2.29. The topological polar surface area (TPSA) is 76.7 Å². The molecule has 3 aromatic rings. The third kappa shape index (κ3) is 4.78. The van der Waals surface area contributed by atoms with Crippen LogP contribution in [-0.4, -0.2) is 26.9 Å². The maximum absolute atomic E-state index is 5.31. The van der Waals surface area contributed by atoms with Gasteiger partial charge in [-0.05, 0) is 18.6 Å². The average Bonchev–Trinajstić information content (AvgIpc) is 3.22. The fraction of sp³-hybridized carbons (Fsp3) is 0.333. The zero-order chi connectivity index (χ0) is 16.8. The lowest BCUT2D eigenvalue weighted by molar-refractivity contribution is 0.391. The van der Waals surface area contributed by atoms with Gasteiger partial charge < -0.3 is 9.84 Å². The van der Waals surface area contributed by atoms with E-state index in [2.05, 4.69) is 48.5 Å². The van der Waals surface area contributed by atoms with Gasteiger partial charge in [-0.2, -0.15) is 4.98 Å². The summed E-state index contributed by atoms with van der Waals surface area (Å²) in [4.78, 5) is 4.43. The van der Waals surface area contributed by atoms with Gasteiger partial charge in [0.25, 0.3) is 0 Å². The van der Waals surface area contributed by atoms with Gasteiger partial charge in [0.1, 0.15) is 0 Å². The number of aromatic nitrogens is 4.